The van der Waals surface area contributed by atoms with Gasteiger partial charge in [-0.15, -0.1) is 11.3 Å². The van der Waals surface area contributed by atoms with E-state index in [1.165, 1.54) is 22.7 Å². The summed E-state index contributed by atoms with van der Waals surface area (Å²) in [6, 6.07) is 0. The highest BCUT2D eigenvalue weighted by Gasteiger charge is 2.34. The number of aryl methyl sites for hydroxylation is 1. The van der Waals surface area contributed by atoms with Crippen molar-refractivity contribution in [3.05, 3.63) is 15.6 Å². The van der Waals surface area contributed by atoms with Crippen LogP contribution in [-0.2, 0) is 22.4 Å². The van der Waals surface area contributed by atoms with Crippen LogP contribution in [0.1, 0.15) is 47.7 Å². The van der Waals surface area contributed by atoms with E-state index in [2.05, 4.69) is 4.98 Å². The molecule has 1 fully saturated rings. The first-order valence-corrected chi connectivity index (χ1v) is 7.24. The molecule has 0 radical (unpaired) electrons. The summed E-state index contributed by atoms with van der Waals surface area (Å²) >= 11 is 1.81. The Kier molecular flexibility index (Phi) is 2.90. The average molecular weight is 251 g/mol. The topological polar surface area (TPSA) is 39.2 Å². The Bertz CT molecular complexity index is 437. The van der Waals surface area contributed by atoms with Gasteiger partial charge < -0.3 is 4.74 Å². The van der Waals surface area contributed by atoms with Gasteiger partial charge in [0.05, 0.1) is 17.3 Å². The van der Waals surface area contributed by atoms with Crippen molar-refractivity contribution < 1.29 is 9.53 Å². The zero-order valence-electron chi connectivity index (χ0n) is 10.1. The fourth-order valence-electron chi connectivity index (χ4n) is 2.41. The number of esters is 1. The van der Waals surface area contributed by atoms with Gasteiger partial charge in [-0.05, 0) is 38.5 Å². The Morgan fingerprint density at radius 2 is 2.29 bits per heavy atom. The van der Waals surface area contributed by atoms with Crippen LogP contribution < -0.4 is 0 Å². The molecule has 4 heteroatoms. The summed E-state index contributed by atoms with van der Waals surface area (Å²) in [7, 11) is 0. The van der Waals surface area contributed by atoms with Crippen LogP contribution in [0, 0.1) is 5.92 Å². The molecule has 0 saturated heterocycles. The summed E-state index contributed by atoms with van der Waals surface area (Å²) in [5.74, 6) is 0.686. The zero-order chi connectivity index (χ0) is 11.8. The van der Waals surface area contributed by atoms with E-state index in [1.807, 2.05) is 18.3 Å². The molecular formula is C13H17NO2S. The molecule has 1 aromatic heterocycles. The molecule has 1 saturated carbocycles. The Balaban J connectivity index is 1.75. The largest absolute Gasteiger partial charge is 0.465 e. The third-order valence-corrected chi connectivity index (χ3v) is 4.65. The van der Waals surface area contributed by atoms with Gasteiger partial charge in [-0.2, -0.15) is 0 Å². The molecule has 1 atom stereocenters. The highest BCUT2D eigenvalue weighted by molar-refractivity contribution is 7.11. The van der Waals surface area contributed by atoms with Crippen LogP contribution in [0.2, 0.25) is 0 Å². The molecule has 1 unspecified atom stereocenters. The van der Waals surface area contributed by atoms with Crippen LogP contribution in [0.4, 0.5) is 0 Å². The normalized spacial score (nSPS) is 22.5. The van der Waals surface area contributed by atoms with E-state index >= 15 is 0 Å². The molecule has 3 nitrogen and oxygen atoms in total. The van der Waals surface area contributed by atoms with Gasteiger partial charge in [-0.25, -0.2) is 4.98 Å². The fourth-order valence-corrected chi connectivity index (χ4v) is 3.67. The fraction of sp³-hybridized carbons (Fsp3) is 0.692. The number of nitrogens with zero attached hydrogens (tertiary/aromatic N) is 1. The zero-order valence-corrected chi connectivity index (χ0v) is 10.9. The standard InChI is InChI=1S/C13H17NO2S/c1-2-16-13(15)9-5-6-10-12(9)14-11(17-10)7-8-3-4-8/h8-9H,2-7H2,1H3. The number of fused-ring (bicyclic) bond motifs is 1. The molecule has 17 heavy (non-hydrogen) atoms. The SMILES string of the molecule is CCOC(=O)C1CCc2sc(CC3CC3)nc21. The van der Waals surface area contributed by atoms with E-state index in [0.29, 0.717) is 6.61 Å². The van der Waals surface area contributed by atoms with E-state index in [1.54, 1.807) is 0 Å². The van der Waals surface area contributed by atoms with E-state index < -0.39 is 0 Å². The maximum Gasteiger partial charge on any atom is 0.315 e. The average Bonchev–Trinajstić information content (AvgIpc) is 2.86. The van der Waals surface area contributed by atoms with E-state index in [9.17, 15) is 4.79 Å². The molecule has 0 aromatic carbocycles. The Hall–Kier alpha value is -0.900. The molecule has 0 N–H and O–H groups in total. The van der Waals surface area contributed by atoms with Crippen molar-refractivity contribution >= 4 is 17.3 Å². The maximum atomic E-state index is 11.8. The van der Waals surface area contributed by atoms with Crippen LogP contribution in [0.15, 0.2) is 0 Å². The first-order chi connectivity index (χ1) is 8.28. The second-order valence-corrected chi connectivity index (χ2v) is 6.08. The molecule has 3 rings (SSSR count). The number of thiazole rings is 1. The minimum absolute atomic E-state index is 0.0884. The lowest BCUT2D eigenvalue weighted by Gasteiger charge is -2.07. The number of ether oxygens (including phenoxy) is 1. The van der Waals surface area contributed by atoms with Crippen molar-refractivity contribution in [2.75, 3.05) is 6.61 Å². The molecular weight excluding hydrogens is 234 g/mol. The number of aromatic nitrogens is 1. The number of hydrogen-bond donors (Lipinski definition) is 0. The number of hydrogen-bond acceptors (Lipinski definition) is 4. The Labute approximate surface area is 105 Å². The van der Waals surface area contributed by atoms with Crippen molar-refractivity contribution in [2.24, 2.45) is 5.92 Å². The second-order valence-electron chi connectivity index (χ2n) is 4.91. The van der Waals surface area contributed by atoms with Crippen LogP contribution in [0.25, 0.3) is 0 Å². The molecule has 92 valence electrons. The lowest BCUT2D eigenvalue weighted by atomic mass is 10.1. The monoisotopic (exact) mass is 251 g/mol. The van der Waals surface area contributed by atoms with E-state index in [4.69, 9.17) is 4.74 Å². The third-order valence-electron chi connectivity index (χ3n) is 3.49. The van der Waals surface area contributed by atoms with Gasteiger partial charge in [-0.3, -0.25) is 4.79 Å². The van der Waals surface area contributed by atoms with Gasteiger partial charge in [0.2, 0.25) is 0 Å². The smallest absolute Gasteiger partial charge is 0.315 e. The van der Waals surface area contributed by atoms with Gasteiger partial charge in [0.1, 0.15) is 5.92 Å². The van der Waals surface area contributed by atoms with Gasteiger partial charge in [0.15, 0.2) is 0 Å². The molecule has 0 bridgehead atoms. The van der Waals surface area contributed by atoms with E-state index in [-0.39, 0.29) is 11.9 Å². The van der Waals surface area contributed by atoms with Gasteiger partial charge in [0.25, 0.3) is 0 Å². The number of carbonyl (C=O) groups is 1. The number of rotatable bonds is 4. The molecule has 2 aliphatic rings. The molecule has 0 spiro atoms. The summed E-state index contributed by atoms with van der Waals surface area (Å²) in [5.41, 5.74) is 1.02. The van der Waals surface area contributed by atoms with E-state index in [0.717, 1.165) is 30.9 Å². The summed E-state index contributed by atoms with van der Waals surface area (Å²) in [4.78, 5) is 17.8. The minimum atomic E-state index is -0.0887. The summed E-state index contributed by atoms with van der Waals surface area (Å²) in [6.07, 6.45) is 5.71. The Morgan fingerprint density at radius 1 is 1.47 bits per heavy atom. The van der Waals surface area contributed by atoms with Crippen LogP contribution in [0.3, 0.4) is 0 Å². The third kappa shape index (κ3) is 2.23. The Morgan fingerprint density at radius 3 is 3.00 bits per heavy atom. The quantitative estimate of drug-likeness (QED) is 0.772. The van der Waals surface area contributed by atoms with Gasteiger partial charge in [-0.1, -0.05) is 0 Å². The highest BCUT2D eigenvalue weighted by Crippen LogP contribution is 2.40. The van der Waals surface area contributed by atoms with Crippen LogP contribution in [-0.4, -0.2) is 17.6 Å². The van der Waals surface area contributed by atoms with Crippen molar-refractivity contribution in [3.8, 4) is 0 Å². The first kappa shape index (κ1) is 11.2. The van der Waals surface area contributed by atoms with Crippen molar-refractivity contribution in [1.82, 2.24) is 4.98 Å². The summed E-state index contributed by atoms with van der Waals surface area (Å²) < 4.78 is 5.11. The lowest BCUT2D eigenvalue weighted by molar-refractivity contribution is -0.145. The van der Waals surface area contributed by atoms with Crippen LogP contribution >= 0.6 is 11.3 Å². The van der Waals surface area contributed by atoms with Crippen LogP contribution in [0.5, 0.6) is 0 Å². The second kappa shape index (κ2) is 4.41. The van der Waals surface area contributed by atoms with Crippen molar-refractivity contribution in [2.45, 2.75) is 44.9 Å². The first-order valence-electron chi connectivity index (χ1n) is 6.43. The molecule has 1 aromatic rings. The van der Waals surface area contributed by atoms with Gasteiger partial charge >= 0.3 is 5.97 Å². The molecule has 1 heterocycles. The molecule has 0 aliphatic heterocycles. The predicted octanol–water partition coefficient (Wildman–Crippen LogP) is 2.69. The van der Waals surface area contributed by atoms with Crippen molar-refractivity contribution in [3.63, 3.8) is 0 Å². The minimum Gasteiger partial charge on any atom is -0.465 e. The lowest BCUT2D eigenvalue weighted by Crippen LogP contribution is -2.14. The van der Waals surface area contributed by atoms with Gasteiger partial charge in [0, 0.05) is 11.3 Å². The summed E-state index contributed by atoms with van der Waals surface area (Å²) in [6.45, 7) is 2.32. The number of carbonyl (C=O) groups excluding carboxylic acids is 1. The maximum absolute atomic E-state index is 11.8. The predicted molar refractivity (Wildman–Crippen MR) is 66.2 cm³/mol. The molecule has 2 aliphatic carbocycles. The summed E-state index contributed by atoms with van der Waals surface area (Å²) in [5, 5.41) is 1.23. The molecule has 0 amide bonds. The highest BCUT2D eigenvalue weighted by atomic mass is 32.1. The van der Waals surface area contributed by atoms with Crippen molar-refractivity contribution in [1.29, 1.82) is 0 Å².